The third kappa shape index (κ3) is 3.96. The Morgan fingerprint density at radius 3 is 2.83 bits per heavy atom. The molecule has 3 fully saturated rings. The molecule has 1 aliphatic heterocycles. The quantitative estimate of drug-likeness (QED) is 0.423. The first-order valence-corrected chi connectivity index (χ1v) is 11.4. The first kappa shape index (κ1) is 21.2. The maximum Gasteiger partial charge on any atom is 0.315 e. The topological polar surface area (TPSA) is 61.4 Å². The molecule has 1 saturated heterocycles. The van der Waals surface area contributed by atoms with E-state index >= 15 is 0 Å². The van der Waals surface area contributed by atoms with Crippen LogP contribution in [-0.4, -0.2) is 39.4 Å². The molecule has 0 aromatic heterocycles. The molecule has 2 N–H and O–H groups in total. The summed E-state index contributed by atoms with van der Waals surface area (Å²) < 4.78 is 16.6. The van der Waals surface area contributed by atoms with Gasteiger partial charge in [0.15, 0.2) is 11.5 Å². The number of quaternary nitrogens is 1. The van der Waals surface area contributed by atoms with Gasteiger partial charge in [-0.15, -0.1) is 0 Å². The fraction of sp³-hybridized carbons (Fsp3) is 0.640. The van der Waals surface area contributed by atoms with Crippen LogP contribution in [0.2, 0.25) is 0 Å². The molecule has 2 aliphatic carbocycles. The molecule has 2 saturated carbocycles. The molecular weight excluding hydrogens is 378 g/mol. The summed E-state index contributed by atoms with van der Waals surface area (Å²) in [4.78, 5) is 12.7. The molecule has 5 heteroatoms. The summed E-state index contributed by atoms with van der Waals surface area (Å²) in [7, 11) is 3.31. The summed E-state index contributed by atoms with van der Waals surface area (Å²) in [6.07, 6.45) is 6.72. The molecule has 5 atom stereocenters. The van der Waals surface area contributed by atoms with Crippen LogP contribution in [0, 0.1) is 23.2 Å². The highest BCUT2D eigenvalue weighted by Gasteiger charge is 2.55. The van der Waals surface area contributed by atoms with Crippen molar-refractivity contribution in [1.29, 1.82) is 0 Å². The maximum absolute atomic E-state index is 12.7. The van der Waals surface area contributed by atoms with E-state index in [1.807, 2.05) is 12.1 Å². The zero-order valence-electron chi connectivity index (χ0n) is 18.6. The van der Waals surface area contributed by atoms with Gasteiger partial charge in [-0.25, -0.2) is 0 Å². The fourth-order valence-electron chi connectivity index (χ4n) is 6.13. The van der Waals surface area contributed by atoms with Crippen LogP contribution in [0.5, 0.6) is 11.5 Å². The number of ether oxygens (including phenoxy) is 3. The third-order valence-corrected chi connectivity index (χ3v) is 7.83. The minimum Gasteiger partial charge on any atom is -0.493 e. The van der Waals surface area contributed by atoms with Crippen LogP contribution in [-0.2, 0) is 16.0 Å². The van der Waals surface area contributed by atoms with E-state index in [9.17, 15) is 4.79 Å². The van der Waals surface area contributed by atoms with Crippen LogP contribution < -0.4 is 14.8 Å². The smallest absolute Gasteiger partial charge is 0.315 e. The Morgan fingerprint density at radius 1 is 1.27 bits per heavy atom. The molecule has 1 aromatic carbocycles. The molecule has 164 valence electrons. The van der Waals surface area contributed by atoms with Crippen molar-refractivity contribution in [2.45, 2.75) is 51.6 Å². The summed E-state index contributed by atoms with van der Waals surface area (Å²) in [6, 6.07) is 6.05. The summed E-state index contributed by atoms with van der Waals surface area (Å²) in [5.41, 5.74) is 2.88. The van der Waals surface area contributed by atoms with Gasteiger partial charge in [-0.3, -0.25) is 4.79 Å². The van der Waals surface area contributed by atoms with Crippen LogP contribution >= 0.6 is 0 Å². The number of benzene rings is 1. The maximum atomic E-state index is 12.7. The zero-order chi connectivity index (χ0) is 21.3. The van der Waals surface area contributed by atoms with Gasteiger partial charge in [-0.1, -0.05) is 25.1 Å². The monoisotopic (exact) mass is 414 g/mol. The average Bonchev–Trinajstić information content (AvgIpc) is 3.03. The van der Waals surface area contributed by atoms with Gasteiger partial charge in [0.2, 0.25) is 0 Å². The number of rotatable bonds is 7. The second-order valence-electron chi connectivity index (χ2n) is 9.66. The lowest BCUT2D eigenvalue weighted by Crippen LogP contribution is -2.86. The highest BCUT2D eigenvalue weighted by molar-refractivity contribution is 5.75. The molecule has 0 bridgehead atoms. The van der Waals surface area contributed by atoms with E-state index in [1.165, 1.54) is 24.0 Å². The van der Waals surface area contributed by atoms with E-state index in [0.717, 1.165) is 50.3 Å². The van der Waals surface area contributed by atoms with E-state index in [2.05, 4.69) is 24.9 Å². The van der Waals surface area contributed by atoms with E-state index in [1.54, 1.807) is 14.2 Å². The van der Waals surface area contributed by atoms with Gasteiger partial charge in [0.1, 0.15) is 12.0 Å². The molecule has 3 aliphatic rings. The van der Waals surface area contributed by atoms with Gasteiger partial charge in [0.05, 0.1) is 27.3 Å². The van der Waals surface area contributed by atoms with E-state index in [0.29, 0.717) is 11.8 Å². The summed E-state index contributed by atoms with van der Waals surface area (Å²) in [6.45, 7) is 8.51. The molecule has 0 amide bonds. The number of carbonyl (C=O) groups is 1. The Labute approximate surface area is 180 Å². The van der Waals surface area contributed by atoms with E-state index < -0.39 is 0 Å². The molecule has 0 radical (unpaired) electrons. The molecule has 4 rings (SSSR count). The Hall–Kier alpha value is -2.01. The predicted molar refractivity (Wildman–Crippen MR) is 116 cm³/mol. The van der Waals surface area contributed by atoms with Crippen molar-refractivity contribution < 1.29 is 24.3 Å². The largest absolute Gasteiger partial charge is 0.493 e. The van der Waals surface area contributed by atoms with Crippen LogP contribution in [0.3, 0.4) is 0 Å². The van der Waals surface area contributed by atoms with Crippen LogP contribution in [0.1, 0.15) is 44.6 Å². The molecular formula is C25H36NO4+. The van der Waals surface area contributed by atoms with Crippen LogP contribution in [0.25, 0.3) is 0 Å². The van der Waals surface area contributed by atoms with Crippen molar-refractivity contribution in [2.24, 2.45) is 23.2 Å². The minimum absolute atomic E-state index is 0.0136. The number of fused-ring (bicyclic) bond motifs is 2. The standard InChI is InChI=1S/C25H35NO4/c1-16-6-5-10-25(2)14-23-18(13-20(16)25)19(24(27)30-23)15-26-11-9-17-7-8-21(28-3)22(12-17)29-4/h7-8,12,18-20,23,26H,1,5-6,9-11,13-15H2,2-4H3/p+1/t18-,19-,20+,23-,25-/m1/s1. The molecule has 5 nitrogen and oxygen atoms in total. The van der Waals surface area contributed by atoms with Gasteiger partial charge >= 0.3 is 5.97 Å². The summed E-state index contributed by atoms with van der Waals surface area (Å²) in [5.74, 6) is 2.44. The number of methoxy groups -OCH3 is 2. The number of carbonyl (C=O) groups excluding carboxylic acids is 1. The van der Waals surface area contributed by atoms with E-state index in [4.69, 9.17) is 14.2 Å². The first-order valence-electron chi connectivity index (χ1n) is 11.4. The lowest BCUT2D eigenvalue weighted by Gasteiger charge is -2.49. The average molecular weight is 415 g/mol. The van der Waals surface area contributed by atoms with E-state index in [-0.39, 0.29) is 23.4 Å². The molecule has 0 spiro atoms. The number of allylic oxidation sites excluding steroid dienone is 1. The second-order valence-corrected chi connectivity index (χ2v) is 9.66. The molecule has 0 unspecified atom stereocenters. The van der Waals surface area contributed by atoms with Crippen molar-refractivity contribution in [3.63, 3.8) is 0 Å². The second kappa shape index (κ2) is 8.62. The molecule has 1 aromatic rings. The van der Waals surface area contributed by atoms with Gasteiger partial charge in [0.25, 0.3) is 0 Å². The van der Waals surface area contributed by atoms with Gasteiger partial charge < -0.3 is 19.5 Å². The SMILES string of the molecule is C=C1CCC[C@]2(C)C[C@H]3OC(=O)[C@H](C[NH2+]CCc4ccc(OC)c(OC)c4)[C@H]3C[C@@H]12. The fourth-order valence-corrected chi connectivity index (χ4v) is 6.13. The number of hydrogen-bond donors (Lipinski definition) is 1. The third-order valence-electron chi connectivity index (χ3n) is 7.83. The lowest BCUT2D eigenvalue weighted by atomic mass is 9.55. The predicted octanol–water partition coefficient (Wildman–Crippen LogP) is 3.12. The Kier molecular flexibility index (Phi) is 6.10. The minimum atomic E-state index is 0.0136. The van der Waals surface area contributed by atoms with Gasteiger partial charge in [-0.2, -0.15) is 0 Å². The normalized spacial score (nSPS) is 32.9. The first-order chi connectivity index (χ1) is 14.4. The summed E-state index contributed by atoms with van der Waals surface area (Å²) in [5, 5.41) is 2.27. The van der Waals surface area contributed by atoms with Crippen molar-refractivity contribution in [3.8, 4) is 11.5 Å². The number of hydrogen-bond acceptors (Lipinski definition) is 4. The highest BCUT2D eigenvalue weighted by atomic mass is 16.6. The Bertz CT molecular complexity index is 806. The van der Waals surface area contributed by atoms with Crippen molar-refractivity contribution in [3.05, 3.63) is 35.9 Å². The van der Waals surface area contributed by atoms with Gasteiger partial charge in [-0.05, 0) is 61.1 Å². The molecule has 1 heterocycles. The van der Waals surface area contributed by atoms with Crippen LogP contribution in [0.15, 0.2) is 30.4 Å². The Morgan fingerprint density at radius 2 is 2.07 bits per heavy atom. The highest BCUT2D eigenvalue weighted by Crippen LogP contribution is 2.56. The van der Waals surface area contributed by atoms with Crippen LogP contribution in [0.4, 0.5) is 0 Å². The summed E-state index contributed by atoms with van der Waals surface area (Å²) >= 11 is 0. The molecule has 30 heavy (non-hydrogen) atoms. The van der Waals surface area contributed by atoms with Crippen molar-refractivity contribution >= 4 is 5.97 Å². The Balaban J connectivity index is 1.33. The zero-order valence-corrected chi connectivity index (χ0v) is 18.6. The number of esters is 1. The van der Waals surface area contributed by atoms with Crippen molar-refractivity contribution in [2.75, 3.05) is 27.3 Å². The van der Waals surface area contributed by atoms with Gasteiger partial charge in [0, 0.05) is 12.3 Å². The lowest BCUT2D eigenvalue weighted by molar-refractivity contribution is -0.658. The number of nitrogens with two attached hydrogens (primary N) is 1. The van der Waals surface area contributed by atoms with Crippen molar-refractivity contribution in [1.82, 2.24) is 0 Å².